The summed E-state index contributed by atoms with van der Waals surface area (Å²) < 4.78 is 1.31. The van der Waals surface area contributed by atoms with Crippen molar-refractivity contribution in [3.8, 4) is 6.07 Å². The van der Waals surface area contributed by atoms with Gasteiger partial charge in [-0.3, -0.25) is 4.79 Å². The van der Waals surface area contributed by atoms with Crippen LogP contribution < -0.4 is 5.32 Å². The molecule has 6 nitrogen and oxygen atoms in total. The fourth-order valence-corrected chi connectivity index (χ4v) is 2.00. The molecule has 0 aliphatic heterocycles. The third kappa shape index (κ3) is 3.41. The van der Waals surface area contributed by atoms with Gasteiger partial charge in [-0.05, 0) is 30.3 Å². The second-order valence-electron chi connectivity index (χ2n) is 4.18. The Morgan fingerprint density at radius 1 is 1.38 bits per heavy atom. The van der Waals surface area contributed by atoms with Crippen LogP contribution in [0, 0.1) is 11.3 Å². The van der Waals surface area contributed by atoms with Crippen LogP contribution in [0.1, 0.15) is 16.1 Å². The normalized spacial score (nSPS) is 9.90. The lowest BCUT2D eigenvalue weighted by atomic mass is 10.2. The van der Waals surface area contributed by atoms with Crippen LogP contribution in [-0.2, 0) is 11.3 Å². The average Bonchev–Trinajstić information content (AvgIpc) is 2.89. The molecule has 1 amide bonds. The summed E-state index contributed by atoms with van der Waals surface area (Å²) in [5, 5.41) is 20.5. The summed E-state index contributed by atoms with van der Waals surface area (Å²) in [7, 11) is 0. The van der Waals surface area contributed by atoms with Crippen molar-refractivity contribution in [3.05, 3.63) is 52.8 Å². The van der Waals surface area contributed by atoms with E-state index in [9.17, 15) is 9.59 Å². The molecule has 0 radical (unpaired) electrons. The molecule has 0 aliphatic rings. The molecule has 0 saturated heterocycles. The Morgan fingerprint density at radius 2 is 2.14 bits per heavy atom. The number of carboxylic acid groups (broad SMARTS) is 1. The molecule has 2 aromatic rings. The highest BCUT2D eigenvalue weighted by molar-refractivity contribution is 6.33. The van der Waals surface area contributed by atoms with E-state index in [-0.39, 0.29) is 17.3 Å². The third-order valence-electron chi connectivity index (χ3n) is 2.73. The van der Waals surface area contributed by atoms with E-state index in [1.165, 1.54) is 35.0 Å². The van der Waals surface area contributed by atoms with Crippen LogP contribution in [0.4, 0.5) is 5.69 Å². The largest absolute Gasteiger partial charge is 0.477 e. The zero-order valence-electron chi connectivity index (χ0n) is 10.7. The van der Waals surface area contributed by atoms with E-state index >= 15 is 0 Å². The molecular weight excluding hydrogens is 294 g/mol. The van der Waals surface area contributed by atoms with Gasteiger partial charge in [0, 0.05) is 6.20 Å². The Kier molecular flexibility index (Phi) is 4.26. The number of aromatic nitrogens is 1. The Morgan fingerprint density at radius 3 is 2.76 bits per heavy atom. The number of nitriles is 1. The first kappa shape index (κ1) is 14.6. The predicted octanol–water partition coefficient (Wildman–Crippen LogP) is 2.35. The maximum absolute atomic E-state index is 11.9. The molecule has 2 N–H and O–H groups in total. The van der Waals surface area contributed by atoms with Gasteiger partial charge in [-0.2, -0.15) is 5.26 Å². The average molecular weight is 304 g/mol. The van der Waals surface area contributed by atoms with Crippen LogP contribution in [0.15, 0.2) is 36.5 Å². The van der Waals surface area contributed by atoms with E-state index in [1.807, 2.05) is 6.07 Å². The Bertz CT molecular complexity index is 746. The maximum Gasteiger partial charge on any atom is 0.352 e. The molecule has 0 atom stereocenters. The lowest BCUT2D eigenvalue weighted by molar-refractivity contribution is -0.116. The number of carbonyl (C=O) groups is 2. The zero-order chi connectivity index (χ0) is 15.4. The smallest absolute Gasteiger partial charge is 0.352 e. The van der Waals surface area contributed by atoms with Crippen molar-refractivity contribution >= 4 is 29.2 Å². The molecule has 21 heavy (non-hydrogen) atoms. The molecule has 2 rings (SSSR count). The number of rotatable bonds is 4. The molecule has 0 fully saturated rings. The van der Waals surface area contributed by atoms with E-state index in [0.717, 1.165) is 0 Å². The number of aromatic carboxylic acids is 1. The number of benzene rings is 1. The monoisotopic (exact) mass is 303 g/mol. The molecule has 1 aromatic carbocycles. The fourth-order valence-electron chi connectivity index (χ4n) is 1.78. The number of nitrogens with one attached hydrogen (secondary N) is 1. The van der Waals surface area contributed by atoms with Crippen LogP contribution in [0.3, 0.4) is 0 Å². The number of hydrogen-bond donors (Lipinski definition) is 2. The summed E-state index contributed by atoms with van der Waals surface area (Å²) in [6.07, 6.45) is 1.50. The zero-order valence-corrected chi connectivity index (χ0v) is 11.5. The standard InChI is InChI=1S/C14H10ClN3O3/c15-10-6-9(7-16)3-4-11(10)17-13(19)8-18-5-1-2-12(18)14(20)21/h1-6H,8H2,(H,17,19)(H,20,21). The number of amides is 1. The van der Waals surface area contributed by atoms with Gasteiger partial charge in [0.15, 0.2) is 0 Å². The van der Waals surface area contributed by atoms with Crippen molar-refractivity contribution < 1.29 is 14.7 Å². The van der Waals surface area contributed by atoms with Gasteiger partial charge < -0.3 is 15.0 Å². The molecule has 1 heterocycles. The van der Waals surface area contributed by atoms with Gasteiger partial charge in [0.2, 0.25) is 5.91 Å². The Balaban J connectivity index is 2.10. The number of hydrogen-bond acceptors (Lipinski definition) is 3. The van der Waals surface area contributed by atoms with Gasteiger partial charge in [0.25, 0.3) is 0 Å². The summed E-state index contributed by atoms with van der Waals surface area (Å²) in [5.74, 6) is -1.52. The SMILES string of the molecule is N#Cc1ccc(NC(=O)Cn2cccc2C(=O)O)c(Cl)c1. The Labute approximate surface area is 125 Å². The fraction of sp³-hybridized carbons (Fsp3) is 0.0714. The number of carbonyl (C=O) groups excluding carboxylic acids is 1. The van der Waals surface area contributed by atoms with Crippen molar-refractivity contribution in [3.63, 3.8) is 0 Å². The second kappa shape index (κ2) is 6.11. The molecule has 0 unspecified atom stereocenters. The molecule has 0 bridgehead atoms. The minimum atomic E-state index is -1.11. The van der Waals surface area contributed by atoms with Crippen LogP contribution in [0.2, 0.25) is 5.02 Å². The predicted molar refractivity (Wildman–Crippen MR) is 76.2 cm³/mol. The summed E-state index contributed by atoms with van der Waals surface area (Å²) in [5.41, 5.74) is 0.775. The van der Waals surface area contributed by atoms with E-state index in [4.69, 9.17) is 22.0 Å². The Hall–Kier alpha value is -2.78. The summed E-state index contributed by atoms with van der Waals surface area (Å²) in [6, 6.07) is 9.38. The van der Waals surface area contributed by atoms with Gasteiger partial charge in [-0.25, -0.2) is 4.79 Å². The minimum absolute atomic E-state index is 0.0241. The molecule has 106 valence electrons. The van der Waals surface area contributed by atoms with Crippen molar-refractivity contribution in [2.45, 2.75) is 6.54 Å². The lowest BCUT2D eigenvalue weighted by Gasteiger charge is -2.09. The quantitative estimate of drug-likeness (QED) is 0.906. The van der Waals surface area contributed by atoms with Crippen LogP contribution in [0.25, 0.3) is 0 Å². The summed E-state index contributed by atoms with van der Waals surface area (Å²) in [4.78, 5) is 22.9. The first-order valence-corrected chi connectivity index (χ1v) is 6.27. The molecular formula is C14H10ClN3O3. The molecule has 0 spiro atoms. The van der Waals surface area contributed by atoms with Crippen LogP contribution in [-0.4, -0.2) is 21.6 Å². The highest BCUT2D eigenvalue weighted by Gasteiger charge is 2.12. The highest BCUT2D eigenvalue weighted by atomic mass is 35.5. The van der Waals surface area contributed by atoms with Crippen molar-refractivity contribution in [2.75, 3.05) is 5.32 Å². The lowest BCUT2D eigenvalue weighted by Crippen LogP contribution is -2.21. The minimum Gasteiger partial charge on any atom is -0.477 e. The third-order valence-corrected chi connectivity index (χ3v) is 3.05. The molecule has 7 heteroatoms. The van der Waals surface area contributed by atoms with E-state index in [0.29, 0.717) is 11.3 Å². The van der Waals surface area contributed by atoms with Gasteiger partial charge >= 0.3 is 5.97 Å². The van der Waals surface area contributed by atoms with Crippen molar-refractivity contribution in [1.82, 2.24) is 4.57 Å². The number of halogens is 1. The van der Waals surface area contributed by atoms with E-state index < -0.39 is 11.9 Å². The first-order valence-electron chi connectivity index (χ1n) is 5.89. The van der Waals surface area contributed by atoms with E-state index in [2.05, 4.69) is 5.32 Å². The molecule has 1 aromatic heterocycles. The number of nitrogens with zero attached hydrogens (tertiary/aromatic N) is 2. The summed E-state index contributed by atoms with van der Waals surface area (Å²) in [6.45, 7) is -0.148. The summed E-state index contributed by atoms with van der Waals surface area (Å²) >= 11 is 5.95. The second-order valence-corrected chi connectivity index (χ2v) is 4.59. The van der Waals surface area contributed by atoms with Crippen LogP contribution >= 0.6 is 11.6 Å². The van der Waals surface area contributed by atoms with Crippen molar-refractivity contribution in [1.29, 1.82) is 5.26 Å². The number of anilines is 1. The van der Waals surface area contributed by atoms with Gasteiger partial charge in [0.05, 0.1) is 22.3 Å². The molecule has 0 saturated carbocycles. The van der Waals surface area contributed by atoms with Gasteiger partial charge in [0.1, 0.15) is 12.2 Å². The molecule has 0 aliphatic carbocycles. The van der Waals surface area contributed by atoms with Crippen molar-refractivity contribution in [2.24, 2.45) is 0 Å². The van der Waals surface area contributed by atoms with Gasteiger partial charge in [-0.15, -0.1) is 0 Å². The maximum atomic E-state index is 11.9. The van der Waals surface area contributed by atoms with Crippen LogP contribution in [0.5, 0.6) is 0 Å². The first-order chi connectivity index (χ1) is 10.0. The topological polar surface area (TPSA) is 95.1 Å². The van der Waals surface area contributed by atoms with Gasteiger partial charge in [-0.1, -0.05) is 11.6 Å². The van der Waals surface area contributed by atoms with E-state index in [1.54, 1.807) is 6.07 Å². The highest BCUT2D eigenvalue weighted by Crippen LogP contribution is 2.22. The number of carboxylic acids is 1.